The minimum Gasteiger partial charge on any atom is -0.379 e. The predicted molar refractivity (Wildman–Crippen MR) is 47.0 cm³/mol. The Morgan fingerprint density at radius 3 is 3.08 bits per heavy atom. The van der Waals surface area contributed by atoms with Crippen molar-refractivity contribution in [3.05, 3.63) is 24.1 Å². The molecule has 1 aromatic heterocycles. The zero-order valence-electron chi connectivity index (χ0n) is 7.16. The van der Waals surface area contributed by atoms with Crippen molar-refractivity contribution >= 4 is 5.82 Å². The molecule has 0 aromatic carbocycles. The maximum absolute atomic E-state index is 12.5. The summed E-state index contributed by atoms with van der Waals surface area (Å²) in [5.41, 5.74) is 0. The first-order chi connectivity index (χ1) is 6.34. The summed E-state index contributed by atoms with van der Waals surface area (Å²) in [6, 6.07) is 3.34. The van der Waals surface area contributed by atoms with E-state index >= 15 is 0 Å². The van der Waals surface area contributed by atoms with Gasteiger partial charge in [-0.3, -0.25) is 0 Å². The van der Waals surface area contributed by atoms with E-state index in [0.717, 1.165) is 13.0 Å². The van der Waals surface area contributed by atoms with E-state index in [-0.39, 0.29) is 5.82 Å². The number of nitrogens with zero attached hydrogens (tertiary/aromatic N) is 1. The van der Waals surface area contributed by atoms with Gasteiger partial charge in [-0.1, -0.05) is 0 Å². The molecule has 1 aliphatic rings. The van der Waals surface area contributed by atoms with Gasteiger partial charge in [0.1, 0.15) is 11.6 Å². The lowest BCUT2D eigenvalue weighted by Gasteiger charge is -2.10. The molecule has 0 amide bonds. The molecule has 2 heterocycles. The van der Waals surface area contributed by atoms with Gasteiger partial charge in [0.15, 0.2) is 0 Å². The molecular weight excluding hydrogens is 171 g/mol. The van der Waals surface area contributed by atoms with Crippen molar-refractivity contribution in [1.29, 1.82) is 0 Å². The molecule has 70 valence electrons. The summed E-state index contributed by atoms with van der Waals surface area (Å²) in [4.78, 5) is 3.90. The van der Waals surface area contributed by atoms with Crippen molar-refractivity contribution in [2.75, 3.05) is 18.5 Å². The molecule has 3 nitrogen and oxygen atoms in total. The van der Waals surface area contributed by atoms with Crippen LogP contribution in [-0.2, 0) is 4.74 Å². The molecule has 2 rings (SSSR count). The Morgan fingerprint density at radius 2 is 2.46 bits per heavy atom. The van der Waals surface area contributed by atoms with E-state index in [1.807, 2.05) is 0 Å². The Hall–Kier alpha value is -1.16. The second-order valence-electron chi connectivity index (χ2n) is 3.07. The molecule has 1 N–H and O–H groups in total. The molecular formula is C9H11FN2O. The first-order valence-corrected chi connectivity index (χ1v) is 4.30. The first-order valence-electron chi connectivity index (χ1n) is 4.30. The van der Waals surface area contributed by atoms with Crippen molar-refractivity contribution in [3.63, 3.8) is 0 Å². The molecule has 1 atom stereocenters. The summed E-state index contributed by atoms with van der Waals surface area (Å²) >= 11 is 0. The lowest BCUT2D eigenvalue weighted by Crippen LogP contribution is -2.19. The highest BCUT2D eigenvalue weighted by Crippen LogP contribution is 2.11. The number of aromatic nitrogens is 1. The zero-order valence-corrected chi connectivity index (χ0v) is 7.16. The molecule has 0 aliphatic carbocycles. The number of halogens is 1. The van der Waals surface area contributed by atoms with Gasteiger partial charge in [-0.05, 0) is 18.6 Å². The van der Waals surface area contributed by atoms with Gasteiger partial charge >= 0.3 is 0 Å². The number of rotatable bonds is 2. The van der Waals surface area contributed by atoms with Crippen LogP contribution in [0.4, 0.5) is 10.2 Å². The van der Waals surface area contributed by atoms with Gasteiger partial charge in [0.25, 0.3) is 0 Å². The van der Waals surface area contributed by atoms with Crippen molar-refractivity contribution in [2.24, 2.45) is 0 Å². The number of pyridine rings is 1. The van der Waals surface area contributed by atoms with Crippen LogP contribution in [0, 0.1) is 5.82 Å². The van der Waals surface area contributed by atoms with E-state index in [0.29, 0.717) is 18.5 Å². The Balaban J connectivity index is 1.97. The Morgan fingerprint density at radius 1 is 1.54 bits per heavy atom. The zero-order chi connectivity index (χ0) is 9.10. The van der Waals surface area contributed by atoms with Gasteiger partial charge in [0.05, 0.1) is 18.8 Å². The highest BCUT2D eigenvalue weighted by atomic mass is 19.1. The average molecular weight is 182 g/mol. The van der Waals surface area contributed by atoms with Crippen molar-refractivity contribution < 1.29 is 9.13 Å². The number of hydrogen-bond acceptors (Lipinski definition) is 3. The molecule has 0 bridgehead atoms. The quantitative estimate of drug-likeness (QED) is 0.751. The fraction of sp³-hybridized carbons (Fsp3) is 0.444. The van der Waals surface area contributed by atoms with Crippen LogP contribution in [0.2, 0.25) is 0 Å². The monoisotopic (exact) mass is 182 g/mol. The molecule has 1 aliphatic heterocycles. The highest BCUT2D eigenvalue weighted by molar-refractivity contribution is 5.34. The van der Waals surface area contributed by atoms with Crippen LogP contribution < -0.4 is 5.32 Å². The summed E-state index contributed by atoms with van der Waals surface area (Å²) in [6.07, 6.45) is 2.19. The van der Waals surface area contributed by atoms with E-state index in [4.69, 9.17) is 4.74 Å². The summed E-state index contributed by atoms with van der Waals surface area (Å²) in [5.74, 6) is 0.394. The van der Waals surface area contributed by atoms with Crippen LogP contribution in [0.25, 0.3) is 0 Å². The molecule has 1 saturated heterocycles. The number of ether oxygens (including phenoxy) is 1. The van der Waals surface area contributed by atoms with Gasteiger partial charge in [0, 0.05) is 6.61 Å². The molecule has 0 radical (unpaired) electrons. The molecule has 0 saturated carbocycles. The van der Waals surface area contributed by atoms with E-state index in [1.54, 1.807) is 6.07 Å². The predicted octanol–water partition coefficient (Wildman–Crippen LogP) is 1.42. The van der Waals surface area contributed by atoms with Crippen LogP contribution in [0.15, 0.2) is 18.3 Å². The lowest BCUT2D eigenvalue weighted by atomic mass is 10.2. The number of hydrogen-bond donors (Lipinski definition) is 1. The van der Waals surface area contributed by atoms with Crippen LogP contribution in [0.3, 0.4) is 0 Å². The van der Waals surface area contributed by atoms with Crippen LogP contribution in [0.5, 0.6) is 0 Å². The standard InChI is InChI=1S/C9H11FN2O/c10-7-1-2-9(11-5-7)12-8-3-4-13-6-8/h1-2,5,8H,3-4,6H2,(H,11,12). The summed E-state index contributed by atoms with van der Waals surface area (Å²) in [5, 5.41) is 3.17. The average Bonchev–Trinajstić information content (AvgIpc) is 2.62. The van der Waals surface area contributed by atoms with Crippen molar-refractivity contribution in [2.45, 2.75) is 12.5 Å². The van der Waals surface area contributed by atoms with Crippen molar-refractivity contribution in [3.8, 4) is 0 Å². The maximum Gasteiger partial charge on any atom is 0.141 e. The fourth-order valence-electron chi connectivity index (χ4n) is 1.32. The third-order valence-electron chi connectivity index (χ3n) is 2.01. The second-order valence-corrected chi connectivity index (χ2v) is 3.07. The molecule has 1 unspecified atom stereocenters. The Kier molecular flexibility index (Phi) is 2.40. The van der Waals surface area contributed by atoms with Gasteiger partial charge in [-0.25, -0.2) is 9.37 Å². The van der Waals surface area contributed by atoms with Gasteiger partial charge < -0.3 is 10.1 Å². The second kappa shape index (κ2) is 3.70. The summed E-state index contributed by atoms with van der Waals surface area (Å²) in [6.45, 7) is 1.50. The minimum absolute atomic E-state index is 0.312. The largest absolute Gasteiger partial charge is 0.379 e. The summed E-state index contributed by atoms with van der Waals surface area (Å²) in [7, 11) is 0. The highest BCUT2D eigenvalue weighted by Gasteiger charge is 2.15. The Labute approximate surface area is 75.9 Å². The van der Waals surface area contributed by atoms with Crippen molar-refractivity contribution in [1.82, 2.24) is 4.98 Å². The van der Waals surface area contributed by atoms with Gasteiger partial charge in [0.2, 0.25) is 0 Å². The van der Waals surface area contributed by atoms with E-state index < -0.39 is 0 Å². The normalized spacial score (nSPS) is 21.8. The summed E-state index contributed by atoms with van der Waals surface area (Å²) < 4.78 is 17.7. The lowest BCUT2D eigenvalue weighted by molar-refractivity contribution is 0.195. The molecule has 1 aromatic rings. The maximum atomic E-state index is 12.5. The van der Waals surface area contributed by atoms with Gasteiger partial charge in [-0.2, -0.15) is 0 Å². The van der Waals surface area contributed by atoms with Gasteiger partial charge in [-0.15, -0.1) is 0 Å². The van der Waals surface area contributed by atoms with Crippen LogP contribution in [0.1, 0.15) is 6.42 Å². The third kappa shape index (κ3) is 2.15. The van der Waals surface area contributed by atoms with E-state index in [9.17, 15) is 4.39 Å². The molecule has 4 heteroatoms. The minimum atomic E-state index is -0.312. The fourth-order valence-corrected chi connectivity index (χ4v) is 1.32. The molecule has 1 fully saturated rings. The van der Waals surface area contributed by atoms with Crippen LogP contribution >= 0.6 is 0 Å². The van der Waals surface area contributed by atoms with E-state index in [2.05, 4.69) is 10.3 Å². The smallest absolute Gasteiger partial charge is 0.141 e. The third-order valence-corrected chi connectivity index (χ3v) is 2.01. The Bertz CT molecular complexity index is 269. The molecule has 13 heavy (non-hydrogen) atoms. The number of anilines is 1. The topological polar surface area (TPSA) is 34.1 Å². The SMILES string of the molecule is Fc1ccc(NC2CCOC2)nc1. The molecule has 0 spiro atoms. The van der Waals surface area contributed by atoms with Crippen LogP contribution in [-0.4, -0.2) is 24.2 Å². The first kappa shape index (κ1) is 8.44. The number of nitrogens with one attached hydrogen (secondary N) is 1. The van der Waals surface area contributed by atoms with E-state index in [1.165, 1.54) is 12.3 Å².